The van der Waals surface area contributed by atoms with Crippen molar-refractivity contribution < 1.29 is 41.1 Å². The number of carbonyl (C=O) groups excluding carboxylic acids is 1. The van der Waals surface area contributed by atoms with Crippen molar-refractivity contribution in [2.45, 2.75) is 25.2 Å². The summed E-state index contributed by atoms with van der Waals surface area (Å²) >= 11 is 0. The molecule has 0 spiro atoms. The second-order valence-electron chi connectivity index (χ2n) is 6.09. The lowest BCUT2D eigenvalue weighted by Gasteiger charge is -2.08. The van der Waals surface area contributed by atoms with Crippen LogP contribution in [0.15, 0.2) is 29.2 Å². The van der Waals surface area contributed by atoms with Crippen molar-refractivity contribution in [3.8, 4) is 0 Å². The second-order valence-corrected chi connectivity index (χ2v) is 7.71. The molecular weight excluding hydrogens is 416 g/mol. The van der Waals surface area contributed by atoms with Crippen molar-refractivity contribution in [2.75, 3.05) is 66.1 Å². The number of aryl methyl sites for hydroxylation is 1. The molecule has 0 aliphatic carbocycles. The van der Waals surface area contributed by atoms with Crippen LogP contribution in [0, 0.1) is 6.92 Å². The normalized spacial score (nSPS) is 11.5. The molecule has 0 fully saturated rings. The molecule has 0 amide bonds. The Morgan fingerprint density at radius 2 is 1.23 bits per heavy atom. The van der Waals surface area contributed by atoms with Gasteiger partial charge in [0.1, 0.15) is 0 Å². The SMILES string of the molecule is CCOC(=O)CCOCCOCCOCCOCCOS(=O)(=O)c1ccc(C)cc1. The van der Waals surface area contributed by atoms with Gasteiger partial charge in [0.15, 0.2) is 0 Å². The van der Waals surface area contributed by atoms with Crippen LogP contribution in [0.4, 0.5) is 0 Å². The standard InChI is InChI=1S/C20H32O9S/c1-3-28-20(21)8-9-24-10-11-25-12-13-26-14-15-27-16-17-29-30(22,23)19-6-4-18(2)5-7-19/h4-7H,3,8-17H2,1-2H3. The minimum Gasteiger partial charge on any atom is -0.466 e. The van der Waals surface area contributed by atoms with Crippen LogP contribution >= 0.6 is 0 Å². The van der Waals surface area contributed by atoms with Gasteiger partial charge in [0.05, 0.1) is 77.4 Å². The quantitative estimate of drug-likeness (QED) is 0.188. The molecule has 0 saturated heterocycles. The van der Waals surface area contributed by atoms with Gasteiger partial charge in [-0.15, -0.1) is 0 Å². The van der Waals surface area contributed by atoms with E-state index in [9.17, 15) is 13.2 Å². The zero-order chi connectivity index (χ0) is 22.1. The number of rotatable bonds is 18. The van der Waals surface area contributed by atoms with Crippen LogP contribution in [0.2, 0.25) is 0 Å². The molecule has 172 valence electrons. The molecule has 0 radical (unpaired) electrons. The van der Waals surface area contributed by atoms with Crippen molar-refractivity contribution in [3.63, 3.8) is 0 Å². The van der Waals surface area contributed by atoms with E-state index >= 15 is 0 Å². The van der Waals surface area contributed by atoms with Crippen molar-refractivity contribution >= 4 is 16.1 Å². The first kappa shape index (κ1) is 26.5. The van der Waals surface area contributed by atoms with E-state index in [1.54, 1.807) is 19.1 Å². The molecule has 1 aromatic carbocycles. The van der Waals surface area contributed by atoms with Crippen LogP contribution in [0.1, 0.15) is 18.9 Å². The largest absolute Gasteiger partial charge is 0.466 e. The Labute approximate surface area is 178 Å². The van der Waals surface area contributed by atoms with E-state index in [1.807, 2.05) is 6.92 Å². The smallest absolute Gasteiger partial charge is 0.308 e. The third-order valence-corrected chi connectivity index (χ3v) is 4.97. The van der Waals surface area contributed by atoms with Crippen molar-refractivity contribution in [2.24, 2.45) is 0 Å². The fourth-order valence-electron chi connectivity index (χ4n) is 2.13. The second kappa shape index (κ2) is 16.2. The van der Waals surface area contributed by atoms with Gasteiger partial charge >= 0.3 is 5.97 Å². The molecule has 1 aromatic rings. The summed E-state index contributed by atoms with van der Waals surface area (Å²) in [6, 6.07) is 6.45. The van der Waals surface area contributed by atoms with E-state index in [-0.39, 0.29) is 30.5 Å². The lowest BCUT2D eigenvalue weighted by Crippen LogP contribution is -2.15. The van der Waals surface area contributed by atoms with Gasteiger partial charge in [-0.1, -0.05) is 17.7 Å². The van der Waals surface area contributed by atoms with Gasteiger partial charge in [-0.3, -0.25) is 8.98 Å². The maximum atomic E-state index is 12.0. The fourth-order valence-corrected chi connectivity index (χ4v) is 3.02. The van der Waals surface area contributed by atoms with Crippen LogP contribution in [-0.2, 0) is 42.8 Å². The number of benzene rings is 1. The lowest BCUT2D eigenvalue weighted by atomic mass is 10.2. The lowest BCUT2D eigenvalue weighted by molar-refractivity contribution is -0.144. The Balaban J connectivity index is 1.88. The molecule has 0 aromatic heterocycles. The molecule has 1 rings (SSSR count). The molecule has 0 N–H and O–H groups in total. The van der Waals surface area contributed by atoms with Gasteiger partial charge in [0.2, 0.25) is 0 Å². The van der Waals surface area contributed by atoms with Crippen molar-refractivity contribution in [1.82, 2.24) is 0 Å². The Kier molecular flexibility index (Phi) is 14.3. The van der Waals surface area contributed by atoms with Crippen LogP contribution in [0.5, 0.6) is 0 Å². The molecule has 9 nitrogen and oxygen atoms in total. The highest BCUT2D eigenvalue weighted by molar-refractivity contribution is 7.86. The minimum atomic E-state index is -3.76. The summed E-state index contributed by atoms with van der Waals surface area (Å²) in [6.45, 7) is 6.73. The number of carbonyl (C=O) groups is 1. The molecule has 0 aliphatic heterocycles. The van der Waals surface area contributed by atoms with Gasteiger partial charge in [-0.05, 0) is 26.0 Å². The van der Waals surface area contributed by atoms with E-state index in [0.29, 0.717) is 52.9 Å². The Morgan fingerprint density at radius 3 is 1.73 bits per heavy atom. The van der Waals surface area contributed by atoms with Gasteiger partial charge in [-0.25, -0.2) is 0 Å². The molecule has 0 saturated carbocycles. The summed E-state index contributed by atoms with van der Waals surface area (Å²) in [5, 5.41) is 0. The van der Waals surface area contributed by atoms with E-state index in [4.69, 9.17) is 27.9 Å². The third-order valence-electron chi connectivity index (χ3n) is 3.65. The zero-order valence-corrected chi connectivity index (χ0v) is 18.5. The Hall–Kier alpha value is -1.56. The zero-order valence-electron chi connectivity index (χ0n) is 17.7. The van der Waals surface area contributed by atoms with Gasteiger partial charge in [0, 0.05) is 0 Å². The fraction of sp³-hybridized carbons (Fsp3) is 0.650. The highest BCUT2D eigenvalue weighted by Crippen LogP contribution is 2.12. The first-order chi connectivity index (χ1) is 14.5. The average molecular weight is 449 g/mol. The van der Waals surface area contributed by atoms with E-state index in [1.165, 1.54) is 12.1 Å². The summed E-state index contributed by atoms with van der Waals surface area (Å²) in [7, 11) is -3.76. The first-order valence-corrected chi connectivity index (χ1v) is 11.3. The predicted octanol–water partition coefficient (Wildman–Crippen LogP) is 1.72. The summed E-state index contributed by atoms with van der Waals surface area (Å²) in [5.41, 5.74) is 0.974. The van der Waals surface area contributed by atoms with E-state index < -0.39 is 10.1 Å². The maximum absolute atomic E-state index is 12.0. The molecule has 0 aliphatic rings. The van der Waals surface area contributed by atoms with Gasteiger partial charge in [-0.2, -0.15) is 8.42 Å². The Bertz CT molecular complexity index is 674. The number of esters is 1. The average Bonchev–Trinajstić information content (AvgIpc) is 2.71. The molecule has 10 heteroatoms. The maximum Gasteiger partial charge on any atom is 0.308 e. The van der Waals surface area contributed by atoms with Crippen LogP contribution in [0.3, 0.4) is 0 Å². The summed E-state index contributed by atoms with van der Waals surface area (Å²) < 4.78 is 54.8. The summed E-state index contributed by atoms with van der Waals surface area (Å²) in [4.78, 5) is 11.2. The number of ether oxygens (including phenoxy) is 5. The molecule has 0 atom stereocenters. The predicted molar refractivity (Wildman–Crippen MR) is 109 cm³/mol. The van der Waals surface area contributed by atoms with Crippen molar-refractivity contribution in [1.29, 1.82) is 0 Å². The highest BCUT2D eigenvalue weighted by atomic mass is 32.2. The van der Waals surface area contributed by atoms with Crippen LogP contribution in [0.25, 0.3) is 0 Å². The topological polar surface area (TPSA) is 107 Å². The highest BCUT2D eigenvalue weighted by Gasteiger charge is 2.14. The number of hydrogen-bond donors (Lipinski definition) is 0. The molecule has 0 bridgehead atoms. The van der Waals surface area contributed by atoms with Crippen molar-refractivity contribution in [3.05, 3.63) is 29.8 Å². The molecule has 30 heavy (non-hydrogen) atoms. The third kappa shape index (κ3) is 12.9. The minimum absolute atomic E-state index is 0.0600. The van der Waals surface area contributed by atoms with Crippen LogP contribution in [-0.4, -0.2) is 80.5 Å². The summed E-state index contributed by atoms with van der Waals surface area (Å²) in [5.74, 6) is -0.270. The first-order valence-electron chi connectivity index (χ1n) is 9.88. The molecular formula is C20H32O9S. The van der Waals surface area contributed by atoms with Gasteiger partial charge in [0.25, 0.3) is 10.1 Å². The van der Waals surface area contributed by atoms with E-state index in [2.05, 4.69) is 0 Å². The van der Waals surface area contributed by atoms with E-state index in [0.717, 1.165) is 5.56 Å². The number of hydrogen-bond acceptors (Lipinski definition) is 9. The monoisotopic (exact) mass is 448 g/mol. The molecule has 0 heterocycles. The Morgan fingerprint density at radius 1 is 0.767 bits per heavy atom. The van der Waals surface area contributed by atoms with Gasteiger partial charge < -0.3 is 23.7 Å². The summed E-state index contributed by atoms with van der Waals surface area (Å²) in [6.07, 6.45) is 0.236. The molecule has 0 unspecified atom stereocenters. The van der Waals surface area contributed by atoms with Crippen LogP contribution < -0.4 is 0 Å².